The molecule has 0 bridgehead atoms. The zero-order chi connectivity index (χ0) is 35.1. The van der Waals surface area contributed by atoms with Crippen molar-refractivity contribution in [1.82, 2.24) is 0 Å². The number of carbonyl (C=O) groups is 5. The van der Waals surface area contributed by atoms with Gasteiger partial charge in [0.2, 0.25) is 0 Å². The monoisotopic (exact) mass is 654 g/mol. The Kier molecular flexibility index (Phi) is 8.50. The number of rotatable bonds is 6. The van der Waals surface area contributed by atoms with Gasteiger partial charge in [0.25, 0.3) is 0 Å². The van der Waals surface area contributed by atoms with Crippen molar-refractivity contribution in [3.8, 4) is 5.75 Å². The number of ketones is 5. The summed E-state index contributed by atoms with van der Waals surface area (Å²) in [6, 6.07) is 14.3. The normalized spacial score (nSPS) is 38.0. The van der Waals surface area contributed by atoms with Crippen LogP contribution in [-0.4, -0.2) is 44.7 Å². The van der Waals surface area contributed by atoms with Crippen LogP contribution in [0.4, 0.5) is 0 Å². The molecule has 0 radical (unpaired) electrons. The first-order valence-corrected chi connectivity index (χ1v) is 17.8. The predicted molar refractivity (Wildman–Crippen MR) is 181 cm³/mol. The molecular formula is C41H50O7. The molecule has 0 aliphatic heterocycles. The highest BCUT2D eigenvalue weighted by Crippen LogP contribution is 2.69. The predicted octanol–water partition coefficient (Wildman–Crippen LogP) is 6.49. The molecule has 4 aliphatic rings. The first kappa shape index (κ1) is 34.4. The Balaban J connectivity index is 1.35. The minimum absolute atomic E-state index is 0.0934. The molecule has 3 saturated carbocycles. The zero-order valence-electron chi connectivity index (χ0n) is 29.3. The fourth-order valence-corrected chi connectivity index (χ4v) is 10.9. The summed E-state index contributed by atoms with van der Waals surface area (Å²) in [7, 11) is 0. The number of hydrogen-bond donors (Lipinski definition) is 2. The Morgan fingerprint density at radius 3 is 2.02 bits per heavy atom. The Morgan fingerprint density at radius 1 is 0.875 bits per heavy atom. The lowest BCUT2D eigenvalue weighted by Crippen LogP contribution is -2.79. The summed E-state index contributed by atoms with van der Waals surface area (Å²) in [6.45, 7) is 11.9. The fraction of sp³-hybridized carbons (Fsp3) is 0.585. The number of phenols is 1. The molecule has 3 unspecified atom stereocenters. The van der Waals surface area contributed by atoms with Crippen LogP contribution in [0.1, 0.15) is 107 Å². The fourth-order valence-electron chi connectivity index (χ4n) is 10.9. The molecule has 4 aliphatic carbocycles. The van der Waals surface area contributed by atoms with Crippen LogP contribution in [0, 0.1) is 52.3 Å². The van der Waals surface area contributed by atoms with Crippen LogP contribution in [0.2, 0.25) is 0 Å². The van der Waals surface area contributed by atoms with Crippen LogP contribution in [0.25, 0.3) is 0 Å². The number of aromatic hydroxyl groups is 1. The molecule has 0 saturated heterocycles. The molecular weight excluding hydrogens is 604 g/mol. The topological polar surface area (TPSA) is 126 Å². The van der Waals surface area contributed by atoms with E-state index in [1.54, 1.807) is 20.8 Å². The summed E-state index contributed by atoms with van der Waals surface area (Å²) in [5.41, 5.74) is -2.61. The molecule has 3 fully saturated rings. The van der Waals surface area contributed by atoms with Gasteiger partial charge in [-0.15, -0.1) is 0 Å². The van der Waals surface area contributed by atoms with Crippen molar-refractivity contribution in [3.05, 3.63) is 64.7 Å². The maximum atomic E-state index is 14.8. The molecule has 48 heavy (non-hydrogen) atoms. The van der Waals surface area contributed by atoms with Crippen LogP contribution in [0.15, 0.2) is 42.5 Å². The van der Waals surface area contributed by atoms with Crippen LogP contribution >= 0.6 is 0 Å². The number of aliphatic hydroxyl groups is 1. The molecule has 0 aromatic heterocycles. The van der Waals surface area contributed by atoms with Gasteiger partial charge < -0.3 is 10.2 Å². The van der Waals surface area contributed by atoms with Gasteiger partial charge in [0.15, 0.2) is 28.7 Å². The quantitative estimate of drug-likeness (QED) is 0.341. The van der Waals surface area contributed by atoms with E-state index in [0.29, 0.717) is 29.4 Å². The number of hydrogen-bond acceptors (Lipinski definition) is 7. The van der Waals surface area contributed by atoms with Crippen molar-refractivity contribution in [1.29, 1.82) is 0 Å². The summed E-state index contributed by atoms with van der Waals surface area (Å²) in [6.07, 6.45) is 5.92. The minimum Gasteiger partial charge on any atom is -0.507 e. The SMILES string of the molecule is CC(=O)C1C(=O)C(C(C)C)[C@@]2(C)[C@H](C)[C@]3(C)C(C(=O)c4c(ccc(CC5CCC(Cc6ccccc6)CC5)c4O)[C@H]3C)C(=O)[C@@]2(O)C1=O. The number of carbonyl (C=O) groups excluding carboxylic acids is 5. The Morgan fingerprint density at radius 2 is 1.46 bits per heavy atom. The Bertz CT molecular complexity index is 1680. The van der Waals surface area contributed by atoms with Gasteiger partial charge in [-0.3, -0.25) is 24.0 Å². The molecule has 8 atom stereocenters. The lowest BCUT2D eigenvalue weighted by atomic mass is 9.35. The van der Waals surface area contributed by atoms with Gasteiger partial charge in [-0.2, -0.15) is 0 Å². The second-order valence-electron chi connectivity index (χ2n) is 16.3. The van der Waals surface area contributed by atoms with E-state index in [0.717, 1.165) is 39.0 Å². The average Bonchev–Trinajstić information content (AvgIpc) is 3.03. The number of Topliss-reactive ketones (excluding diaryl/α,β-unsaturated/α-hetero) is 5. The second-order valence-corrected chi connectivity index (χ2v) is 16.3. The van der Waals surface area contributed by atoms with Crippen LogP contribution in [-0.2, 0) is 32.0 Å². The molecule has 6 rings (SSSR count). The highest BCUT2D eigenvalue weighted by molar-refractivity contribution is 6.32. The maximum absolute atomic E-state index is 14.8. The van der Waals surface area contributed by atoms with Crippen molar-refractivity contribution in [3.63, 3.8) is 0 Å². The van der Waals surface area contributed by atoms with Crippen LogP contribution < -0.4 is 0 Å². The largest absolute Gasteiger partial charge is 0.507 e. The third-order valence-electron chi connectivity index (χ3n) is 13.8. The number of phenolic OH excluding ortho intramolecular Hbond substituents is 1. The van der Waals surface area contributed by atoms with E-state index in [1.807, 2.05) is 39.0 Å². The molecule has 7 nitrogen and oxygen atoms in total. The molecule has 0 heterocycles. The van der Waals surface area contributed by atoms with Crippen LogP contribution in [0.5, 0.6) is 5.75 Å². The van der Waals surface area contributed by atoms with E-state index < -0.39 is 74.9 Å². The van der Waals surface area contributed by atoms with E-state index in [9.17, 15) is 34.2 Å². The first-order valence-electron chi connectivity index (χ1n) is 17.8. The first-order chi connectivity index (χ1) is 22.5. The van der Waals surface area contributed by atoms with Crippen LogP contribution in [0.3, 0.4) is 0 Å². The lowest BCUT2D eigenvalue weighted by Gasteiger charge is -2.66. The summed E-state index contributed by atoms with van der Waals surface area (Å²) in [5, 5.41) is 24.2. The van der Waals surface area contributed by atoms with Gasteiger partial charge in [-0.05, 0) is 97.1 Å². The zero-order valence-corrected chi connectivity index (χ0v) is 29.3. The third kappa shape index (κ3) is 4.59. The molecule has 2 N–H and O–H groups in total. The average molecular weight is 655 g/mol. The molecule has 2 aromatic rings. The number of benzene rings is 2. The van der Waals surface area contributed by atoms with E-state index >= 15 is 0 Å². The van der Waals surface area contributed by atoms with E-state index in [2.05, 4.69) is 24.3 Å². The maximum Gasteiger partial charge on any atom is 0.190 e. The van der Waals surface area contributed by atoms with Gasteiger partial charge in [0, 0.05) is 11.3 Å². The second kappa shape index (κ2) is 11.9. The standard InChI is InChI=1S/C41H50O7/c1-21(2)32-35(44)30(23(4)42)37(46)41(48)38(47)33-36(45)31-29(22(3)39(33,6)24(5)40(32,41)7)18-17-28(34(31)43)20-27-15-13-26(14-16-27)19-25-11-9-8-10-12-25/h8-12,17-18,21-22,24,26-27,30,32-33,43,48H,13-16,19-20H2,1-7H3/t22-,24-,26?,27?,30?,32?,33?,39-,40-,41+/m1/s1. The van der Waals surface area contributed by atoms with Crippen molar-refractivity contribution < 1.29 is 34.2 Å². The summed E-state index contributed by atoms with van der Waals surface area (Å²) in [5.74, 6) is -8.74. The highest BCUT2D eigenvalue weighted by Gasteiger charge is 2.79. The van der Waals surface area contributed by atoms with Gasteiger partial charge in [0.1, 0.15) is 17.5 Å². The van der Waals surface area contributed by atoms with E-state index in [1.165, 1.54) is 5.56 Å². The summed E-state index contributed by atoms with van der Waals surface area (Å²) >= 11 is 0. The van der Waals surface area contributed by atoms with Crippen molar-refractivity contribution in [2.45, 2.75) is 98.5 Å². The van der Waals surface area contributed by atoms with Gasteiger partial charge in [0.05, 0.1) is 11.5 Å². The summed E-state index contributed by atoms with van der Waals surface area (Å²) < 4.78 is 0. The van der Waals surface area contributed by atoms with Gasteiger partial charge >= 0.3 is 0 Å². The van der Waals surface area contributed by atoms with E-state index in [-0.39, 0.29) is 17.2 Å². The van der Waals surface area contributed by atoms with Crippen molar-refractivity contribution in [2.24, 2.45) is 52.3 Å². The number of fused-ring (bicyclic) bond motifs is 3. The smallest absolute Gasteiger partial charge is 0.190 e. The summed E-state index contributed by atoms with van der Waals surface area (Å²) in [4.78, 5) is 70.0. The third-order valence-corrected chi connectivity index (χ3v) is 13.8. The van der Waals surface area contributed by atoms with Gasteiger partial charge in [-0.25, -0.2) is 0 Å². The molecule has 0 spiro atoms. The van der Waals surface area contributed by atoms with Gasteiger partial charge in [-0.1, -0.05) is 84.0 Å². The molecule has 256 valence electrons. The van der Waals surface area contributed by atoms with Crippen molar-refractivity contribution >= 4 is 28.9 Å². The van der Waals surface area contributed by atoms with Crippen molar-refractivity contribution in [2.75, 3.05) is 0 Å². The Labute approximate surface area is 283 Å². The molecule has 7 heteroatoms. The highest BCUT2D eigenvalue weighted by atomic mass is 16.3. The molecule has 2 aromatic carbocycles. The minimum atomic E-state index is -2.71. The Hall–Kier alpha value is -3.45. The van der Waals surface area contributed by atoms with E-state index in [4.69, 9.17) is 0 Å². The lowest BCUT2D eigenvalue weighted by molar-refractivity contribution is -0.222. The molecule has 0 amide bonds.